The van der Waals surface area contributed by atoms with E-state index < -0.39 is 5.41 Å². The van der Waals surface area contributed by atoms with Crippen LogP contribution in [0, 0.1) is 0 Å². The smallest absolute Gasteiger partial charge is 0.321 e. The topological polar surface area (TPSA) is 43.4 Å². The molecule has 4 heteroatoms. The van der Waals surface area contributed by atoms with Crippen LogP contribution in [0.5, 0.6) is 5.75 Å². The molecule has 0 atom stereocenters. The van der Waals surface area contributed by atoms with E-state index in [1.54, 1.807) is 18.7 Å². The van der Waals surface area contributed by atoms with Crippen LogP contribution in [0.2, 0.25) is 0 Å². The Balaban J connectivity index is 1.98. The fourth-order valence-electron chi connectivity index (χ4n) is 2.85. The predicted molar refractivity (Wildman–Crippen MR) is 121 cm³/mol. The molecule has 2 aromatic rings. The maximum Gasteiger partial charge on any atom is 0.321 e. The van der Waals surface area contributed by atoms with Gasteiger partial charge in [0.25, 0.3) is 0 Å². The summed E-state index contributed by atoms with van der Waals surface area (Å²) in [6.45, 7) is 11.9. The Hall–Kier alpha value is -2.07. The number of Topliss-reactive ketones (excluding diaryl/α,β-unsaturated/α-hetero) is 1. The van der Waals surface area contributed by atoms with Crippen LogP contribution in [0.3, 0.4) is 0 Å². The molecule has 0 aliphatic rings. The molecular formula is C25H32O3S. The van der Waals surface area contributed by atoms with Crippen molar-refractivity contribution in [3.8, 4) is 5.75 Å². The SMILES string of the molecule is CC(=O)CCCSc1ccc(OC(=O)C(C)(C)c2ccc(C(C)(C)C)cc2)cc1. The molecule has 0 N–H and O–H groups in total. The van der Waals surface area contributed by atoms with Gasteiger partial charge in [-0.3, -0.25) is 4.79 Å². The molecule has 156 valence electrons. The predicted octanol–water partition coefficient (Wildman–Crippen LogP) is 6.33. The van der Waals surface area contributed by atoms with E-state index in [0.29, 0.717) is 12.2 Å². The molecule has 0 radical (unpaired) electrons. The molecule has 0 aliphatic heterocycles. The highest BCUT2D eigenvalue weighted by Gasteiger charge is 2.32. The first kappa shape index (κ1) is 23.2. The fourth-order valence-corrected chi connectivity index (χ4v) is 3.71. The molecule has 0 heterocycles. The molecule has 0 unspecified atom stereocenters. The van der Waals surface area contributed by atoms with Gasteiger partial charge in [-0.05, 0) is 73.8 Å². The van der Waals surface area contributed by atoms with Crippen LogP contribution in [0.1, 0.15) is 65.5 Å². The second kappa shape index (κ2) is 9.62. The van der Waals surface area contributed by atoms with Crippen LogP contribution in [0.4, 0.5) is 0 Å². The Morgan fingerprint density at radius 2 is 1.41 bits per heavy atom. The lowest BCUT2D eigenvalue weighted by atomic mass is 9.81. The molecular weight excluding hydrogens is 380 g/mol. The summed E-state index contributed by atoms with van der Waals surface area (Å²) in [4.78, 5) is 24.9. The molecule has 0 amide bonds. The summed E-state index contributed by atoms with van der Waals surface area (Å²) in [5.74, 6) is 1.39. The van der Waals surface area contributed by atoms with Gasteiger partial charge in [0, 0.05) is 11.3 Å². The van der Waals surface area contributed by atoms with Crippen molar-refractivity contribution in [1.29, 1.82) is 0 Å². The molecule has 2 rings (SSSR count). The number of esters is 1. The van der Waals surface area contributed by atoms with Gasteiger partial charge in [-0.25, -0.2) is 0 Å². The number of rotatable bonds is 8. The molecule has 3 nitrogen and oxygen atoms in total. The van der Waals surface area contributed by atoms with Crippen molar-refractivity contribution in [2.75, 3.05) is 5.75 Å². The Kier molecular flexibility index (Phi) is 7.70. The first-order valence-corrected chi connectivity index (χ1v) is 11.0. The Labute approximate surface area is 179 Å². The molecule has 0 bridgehead atoms. The highest BCUT2D eigenvalue weighted by atomic mass is 32.2. The van der Waals surface area contributed by atoms with E-state index in [2.05, 4.69) is 32.9 Å². The first-order chi connectivity index (χ1) is 13.5. The van der Waals surface area contributed by atoms with Crippen LogP contribution in [-0.2, 0) is 20.4 Å². The number of hydrogen-bond acceptors (Lipinski definition) is 4. The minimum atomic E-state index is -0.740. The van der Waals surface area contributed by atoms with E-state index in [9.17, 15) is 9.59 Å². The summed E-state index contributed by atoms with van der Waals surface area (Å²) in [6.07, 6.45) is 1.49. The van der Waals surface area contributed by atoms with Crippen LogP contribution in [0.15, 0.2) is 53.4 Å². The lowest BCUT2D eigenvalue weighted by Gasteiger charge is -2.25. The third kappa shape index (κ3) is 6.74. The average molecular weight is 413 g/mol. The third-order valence-electron chi connectivity index (χ3n) is 4.96. The normalized spacial score (nSPS) is 11.9. The Morgan fingerprint density at radius 3 is 1.93 bits per heavy atom. The zero-order chi connectivity index (χ0) is 21.7. The van der Waals surface area contributed by atoms with Crippen LogP contribution in [0.25, 0.3) is 0 Å². The van der Waals surface area contributed by atoms with Crippen molar-refractivity contribution in [2.45, 2.75) is 70.1 Å². The summed E-state index contributed by atoms with van der Waals surface area (Å²) in [5.41, 5.74) is 1.51. The average Bonchev–Trinajstić information content (AvgIpc) is 2.65. The molecule has 29 heavy (non-hydrogen) atoms. The van der Waals surface area contributed by atoms with Gasteiger partial charge >= 0.3 is 5.97 Å². The standard InChI is InChI=1S/C25H32O3S/c1-18(26)8-7-17-29-22-15-13-21(14-16-22)28-23(27)25(5,6)20-11-9-19(10-12-20)24(2,3)4/h9-16H,7-8,17H2,1-6H3. The first-order valence-electron chi connectivity index (χ1n) is 10.1. The number of ketones is 1. The lowest BCUT2D eigenvalue weighted by Crippen LogP contribution is -2.33. The summed E-state index contributed by atoms with van der Waals surface area (Å²) in [5, 5.41) is 0. The van der Waals surface area contributed by atoms with E-state index in [4.69, 9.17) is 4.74 Å². The third-order valence-corrected chi connectivity index (χ3v) is 6.06. The second-order valence-electron chi connectivity index (χ2n) is 8.97. The summed E-state index contributed by atoms with van der Waals surface area (Å²) in [6, 6.07) is 15.8. The summed E-state index contributed by atoms with van der Waals surface area (Å²) in [7, 11) is 0. The van der Waals surface area contributed by atoms with Gasteiger partial charge in [-0.15, -0.1) is 11.8 Å². The monoisotopic (exact) mass is 412 g/mol. The van der Waals surface area contributed by atoms with Crippen molar-refractivity contribution in [3.05, 3.63) is 59.7 Å². The van der Waals surface area contributed by atoms with Crippen LogP contribution < -0.4 is 4.74 Å². The maximum atomic E-state index is 12.8. The van der Waals surface area contributed by atoms with E-state index in [1.165, 1.54) is 5.56 Å². The minimum Gasteiger partial charge on any atom is -0.426 e. The number of thioether (sulfide) groups is 1. The van der Waals surface area contributed by atoms with Gasteiger partial charge in [0.15, 0.2) is 0 Å². The number of carbonyl (C=O) groups excluding carboxylic acids is 2. The fraction of sp³-hybridized carbons (Fsp3) is 0.440. The number of ether oxygens (including phenoxy) is 1. The molecule has 0 saturated carbocycles. The number of hydrogen-bond donors (Lipinski definition) is 0. The highest BCUT2D eigenvalue weighted by Crippen LogP contribution is 2.30. The maximum absolute atomic E-state index is 12.8. The second-order valence-corrected chi connectivity index (χ2v) is 10.1. The summed E-state index contributed by atoms with van der Waals surface area (Å²) >= 11 is 1.70. The molecule has 0 aromatic heterocycles. The quantitative estimate of drug-likeness (QED) is 0.220. The van der Waals surface area contributed by atoms with Gasteiger partial charge < -0.3 is 9.53 Å². The molecule has 2 aromatic carbocycles. The van der Waals surface area contributed by atoms with Crippen molar-refractivity contribution >= 4 is 23.5 Å². The summed E-state index contributed by atoms with van der Waals surface area (Å²) < 4.78 is 5.65. The Bertz CT molecular complexity index is 828. The van der Waals surface area contributed by atoms with Crippen molar-refractivity contribution in [2.24, 2.45) is 0 Å². The zero-order valence-corrected chi connectivity index (χ0v) is 19.2. The number of carbonyl (C=O) groups is 2. The number of benzene rings is 2. The molecule has 0 fully saturated rings. The molecule has 0 saturated heterocycles. The van der Waals surface area contributed by atoms with E-state index >= 15 is 0 Å². The van der Waals surface area contributed by atoms with Gasteiger partial charge in [-0.2, -0.15) is 0 Å². The van der Waals surface area contributed by atoms with Crippen molar-refractivity contribution in [1.82, 2.24) is 0 Å². The van der Waals surface area contributed by atoms with E-state index in [-0.39, 0.29) is 17.2 Å². The van der Waals surface area contributed by atoms with Gasteiger partial charge in [0.05, 0.1) is 5.41 Å². The highest BCUT2D eigenvalue weighted by molar-refractivity contribution is 7.99. The van der Waals surface area contributed by atoms with Crippen LogP contribution in [-0.4, -0.2) is 17.5 Å². The van der Waals surface area contributed by atoms with E-state index in [0.717, 1.165) is 22.6 Å². The molecule has 0 aliphatic carbocycles. The van der Waals surface area contributed by atoms with Gasteiger partial charge in [0.1, 0.15) is 11.5 Å². The van der Waals surface area contributed by atoms with Gasteiger partial charge in [0.2, 0.25) is 0 Å². The largest absolute Gasteiger partial charge is 0.426 e. The Morgan fingerprint density at radius 1 is 0.862 bits per heavy atom. The van der Waals surface area contributed by atoms with E-state index in [1.807, 2.05) is 50.2 Å². The van der Waals surface area contributed by atoms with Crippen LogP contribution >= 0.6 is 11.8 Å². The minimum absolute atomic E-state index is 0.0784. The van der Waals surface area contributed by atoms with Crippen molar-refractivity contribution in [3.63, 3.8) is 0 Å². The molecule has 0 spiro atoms. The lowest BCUT2D eigenvalue weighted by molar-refractivity contribution is -0.139. The van der Waals surface area contributed by atoms with Crippen molar-refractivity contribution < 1.29 is 14.3 Å². The van der Waals surface area contributed by atoms with Gasteiger partial charge in [-0.1, -0.05) is 45.0 Å². The zero-order valence-electron chi connectivity index (χ0n) is 18.4.